The van der Waals surface area contributed by atoms with Crippen LogP contribution in [0, 0.1) is 5.92 Å². The van der Waals surface area contributed by atoms with Gasteiger partial charge in [0, 0.05) is 19.1 Å². The number of hydrogen-bond donors (Lipinski definition) is 1. The lowest BCUT2D eigenvalue weighted by molar-refractivity contribution is 0.312. The molecule has 0 aliphatic carbocycles. The van der Waals surface area contributed by atoms with Gasteiger partial charge in [-0.1, -0.05) is 20.8 Å². The summed E-state index contributed by atoms with van der Waals surface area (Å²) in [6.07, 6.45) is 3.04. The lowest BCUT2D eigenvalue weighted by Gasteiger charge is -2.29. The van der Waals surface area contributed by atoms with Crippen LogP contribution in [0.4, 0.5) is 0 Å². The molecular weight excluding hydrogens is 248 g/mol. The largest absolute Gasteiger partial charge is 0.315 e. The van der Waals surface area contributed by atoms with Crippen molar-refractivity contribution >= 4 is 10.0 Å². The minimum atomic E-state index is -3.14. The summed E-state index contributed by atoms with van der Waals surface area (Å²) in [6.45, 7) is 10.3. The Labute approximate surface area is 112 Å². The fourth-order valence-corrected chi connectivity index (χ4v) is 4.47. The summed E-state index contributed by atoms with van der Waals surface area (Å²) in [5.74, 6) is 0.401. The zero-order chi connectivity index (χ0) is 13.8. The van der Waals surface area contributed by atoms with Gasteiger partial charge in [0.2, 0.25) is 10.0 Å². The van der Waals surface area contributed by atoms with Crippen LogP contribution in [0.3, 0.4) is 0 Å². The van der Waals surface area contributed by atoms with Crippen molar-refractivity contribution in [2.24, 2.45) is 5.92 Å². The number of nitrogens with zero attached hydrogens (tertiary/aromatic N) is 1. The Balaban J connectivity index is 2.67. The van der Waals surface area contributed by atoms with Crippen LogP contribution in [0.2, 0.25) is 0 Å². The standard InChI is InChI=1S/C13H28N2O2S/c1-5-8-14-10-12(4)18(16,17)15-9-6-7-13(15)11(2)3/h11-14H,5-10H2,1-4H3. The molecule has 1 saturated heterocycles. The molecule has 1 heterocycles. The van der Waals surface area contributed by atoms with Gasteiger partial charge in [0.15, 0.2) is 0 Å². The molecule has 0 amide bonds. The first-order valence-corrected chi connectivity index (χ1v) is 8.63. The second-order valence-electron chi connectivity index (χ2n) is 5.62. The van der Waals surface area contributed by atoms with E-state index >= 15 is 0 Å². The predicted molar refractivity (Wildman–Crippen MR) is 76.1 cm³/mol. The molecule has 1 aliphatic rings. The molecule has 0 aromatic rings. The Morgan fingerprint density at radius 1 is 1.33 bits per heavy atom. The number of hydrogen-bond acceptors (Lipinski definition) is 3. The Bertz CT molecular complexity index is 341. The van der Waals surface area contributed by atoms with E-state index < -0.39 is 10.0 Å². The molecule has 1 fully saturated rings. The van der Waals surface area contributed by atoms with Crippen LogP contribution in [-0.4, -0.2) is 43.6 Å². The van der Waals surface area contributed by atoms with Gasteiger partial charge in [-0.05, 0) is 38.6 Å². The highest BCUT2D eigenvalue weighted by atomic mass is 32.2. The quantitative estimate of drug-likeness (QED) is 0.722. The molecule has 2 atom stereocenters. The second kappa shape index (κ2) is 6.87. The van der Waals surface area contributed by atoms with E-state index in [4.69, 9.17) is 0 Å². The molecule has 5 heteroatoms. The summed E-state index contributed by atoms with van der Waals surface area (Å²) < 4.78 is 26.8. The van der Waals surface area contributed by atoms with E-state index in [-0.39, 0.29) is 11.3 Å². The smallest absolute Gasteiger partial charge is 0.218 e. The molecule has 1 rings (SSSR count). The van der Waals surface area contributed by atoms with Gasteiger partial charge in [0.1, 0.15) is 0 Å². The van der Waals surface area contributed by atoms with Crippen LogP contribution in [0.15, 0.2) is 0 Å². The van der Waals surface area contributed by atoms with Crippen molar-refractivity contribution in [3.05, 3.63) is 0 Å². The van der Waals surface area contributed by atoms with Crippen molar-refractivity contribution in [1.82, 2.24) is 9.62 Å². The van der Waals surface area contributed by atoms with Crippen molar-refractivity contribution in [2.75, 3.05) is 19.6 Å². The second-order valence-corrected chi connectivity index (χ2v) is 7.93. The first kappa shape index (κ1) is 15.9. The first-order valence-electron chi connectivity index (χ1n) is 7.12. The Hall–Kier alpha value is -0.130. The van der Waals surface area contributed by atoms with Crippen molar-refractivity contribution in [3.8, 4) is 0 Å². The fourth-order valence-electron chi connectivity index (χ4n) is 2.57. The highest BCUT2D eigenvalue weighted by molar-refractivity contribution is 7.89. The lowest BCUT2D eigenvalue weighted by atomic mass is 10.0. The molecule has 0 aromatic heterocycles. The molecule has 108 valence electrons. The molecule has 4 nitrogen and oxygen atoms in total. The van der Waals surface area contributed by atoms with Gasteiger partial charge in [0.25, 0.3) is 0 Å². The van der Waals surface area contributed by atoms with Gasteiger partial charge in [-0.3, -0.25) is 0 Å². The number of nitrogens with one attached hydrogen (secondary N) is 1. The maximum atomic E-state index is 12.5. The molecule has 0 radical (unpaired) electrons. The zero-order valence-corrected chi connectivity index (χ0v) is 13.0. The summed E-state index contributed by atoms with van der Waals surface area (Å²) in [4.78, 5) is 0. The fraction of sp³-hybridized carbons (Fsp3) is 1.00. The van der Waals surface area contributed by atoms with E-state index in [0.717, 1.165) is 25.8 Å². The minimum absolute atomic E-state index is 0.198. The van der Waals surface area contributed by atoms with Crippen LogP contribution in [0.25, 0.3) is 0 Å². The molecule has 1 N–H and O–H groups in total. The van der Waals surface area contributed by atoms with Gasteiger partial charge in [-0.2, -0.15) is 4.31 Å². The van der Waals surface area contributed by atoms with Crippen molar-refractivity contribution in [1.29, 1.82) is 0 Å². The summed E-state index contributed by atoms with van der Waals surface area (Å²) in [5.41, 5.74) is 0. The van der Waals surface area contributed by atoms with Gasteiger partial charge in [-0.15, -0.1) is 0 Å². The number of sulfonamides is 1. The summed E-state index contributed by atoms with van der Waals surface area (Å²) in [7, 11) is -3.14. The number of rotatable bonds is 7. The Morgan fingerprint density at radius 3 is 2.56 bits per heavy atom. The first-order chi connectivity index (χ1) is 8.41. The molecule has 18 heavy (non-hydrogen) atoms. The van der Waals surface area contributed by atoms with Gasteiger partial charge < -0.3 is 5.32 Å². The third-order valence-corrected chi connectivity index (χ3v) is 6.00. The molecule has 0 saturated carbocycles. The van der Waals surface area contributed by atoms with Crippen LogP contribution < -0.4 is 5.32 Å². The molecular formula is C13H28N2O2S. The molecule has 0 bridgehead atoms. The molecule has 2 unspecified atom stereocenters. The van der Waals surface area contributed by atoms with Crippen molar-refractivity contribution < 1.29 is 8.42 Å². The highest BCUT2D eigenvalue weighted by Gasteiger charge is 2.38. The highest BCUT2D eigenvalue weighted by Crippen LogP contribution is 2.28. The maximum absolute atomic E-state index is 12.5. The van der Waals surface area contributed by atoms with Gasteiger partial charge in [-0.25, -0.2) is 8.42 Å². The lowest BCUT2D eigenvalue weighted by Crippen LogP contribution is -2.45. The van der Waals surface area contributed by atoms with E-state index in [0.29, 0.717) is 19.0 Å². The monoisotopic (exact) mass is 276 g/mol. The van der Waals surface area contributed by atoms with E-state index in [1.54, 1.807) is 4.31 Å². The summed E-state index contributed by atoms with van der Waals surface area (Å²) in [6, 6.07) is 0.198. The predicted octanol–water partition coefficient (Wildman–Crippen LogP) is 1.82. The van der Waals surface area contributed by atoms with E-state index in [1.165, 1.54) is 0 Å². The van der Waals surface area contributed by atoms with E-state index in [9.17, 15) is 8.42 Å². The third kappa shape index (κ3) is 3.68. The van der Waals surface area contributed by atoms with Crippen molar-refractivity contribution in [2.45, 2.75) is 58.2 Å². The Morgan fingerprint density at radius 2 is 2.00 bits per heavy atom. The minimum Gasteiger partial charge on any atom is -0.315 e. The van der Waals surface area contributed by atoms with Crippen LogP contribution in [-0.2, 0) is 10.0 Å². The van der Waals surface area contributed by atoms with Crippen LogP contribution in [0.5, 0.6) is 0 Å². The SMILES string of the molecule is CCCNCC(C)S(=O)(=O)N1CCCC1C(C)C. The molecule has 1 aliphatic heterocycles. The maximum Gasteiger partial charge on any atom is 0.218 e. The van der Waals surface area contributed by atoms with Crippen molar-refractivity contribution in [3.63, 3.8) is 0 Å². The van der Waals surface area contributed by atoms with Crippen LogP contribution >= 0.6 is 0 Å². The molecule has 0 spiro atoms. The average molecular weight is 276 g/mol. The van der Waals surface area contributed by atoms with E-state index in [2.05, 4.69) is 26.1 Å². The van der Waals surface area contributed by atoms with E-state index in [1.807, 2.05) is 6.92 Å². The topological polar surface area (TPSA) is 49.4 Å². The zero-order valence-electron chi connectivity index (χ0n) is 12.1. The summed E-state index contributed by atoms with van der Waals surface area (Å²) >= 11 is 0. The Kier molecular flexibility index (Phi) is 6.08. The van der Waals surface area contributed by atoms with Crippen LogP contribution in [0.1, 0.15) is 47.0 Å². The van der Waals surface area contributed by atoms with Gasteiger partial charge in [0.05, 0.1) is 5.25 Å². The normalized spacial score (nSPS) is 23.7. The van der Waals surface area contributed by atoms with Gasteiger partial charge >= 0.3 is 0 Å². The molecule has 0 aromatic carbocycles. The third-order valence-electron chi connectivity index (χ3n) is 3.71. The summed E-state index contributed by atoms with van der Waals surface area (Å²) in [5, 5.41) is 2.87. The average Bonchev–Trinajstić information content (AvgIpc) is 2.78.